The lowest BCUT2D eigenvalue weighted by atomic mass is 10.0. The van der Waals surface area contributed by atoms with Crippen LogP contribution in [0.3, 0.4) is 0 Å². The number of aliphatic hydroxyl groups excluding tert-OH is 1. The lowest BCUT2D eigenvalue weighted by Gasteiger charge is -2.10. The van der Waals surface area contributed by atoms with Gasteiger partial charge in [-0.25, -0.2) is 0 Å². The van der Waals surface area contributed by atoms with Gasteiger partial charge in [0.1, 0.15) is 0 Å². The van der Waals surface area contributed by atoms with Gasteiger partial charge in [-0.05, 0) is 30.0 Å². The van der Waals surface area contributed by atoms with E-state index in [1.54, 1.807) is 6.07 Å². The zero-order valence-corrected chi connectivity index (χ0v) is 10.8. The summed E-state index contributed by atoms with van der Waals surface area (Å²) in [7, 11) is 0. The van der Waals surface area contributed by atoms with Crippen LogP contribution >= 0.6 is 0 Å². The average molecular weight is 273 g/mol. The van der Waals surface area contributed by atoms with Crippen molar-refractivity contribution in [3.63, 3.8) is 0 Å². The van der Waals surface area contributed by atoms with Crippen molar-refractivity contribution in [1.29, 1.82) is 0 Å². The van der Waals surface area contributed by atoms with Crippen molar-refractivity contribution in [1.82, 2.24) is 0 Å². The maximum Gasteiger partial charge on any atom is 0.310 e. The zero-order valence-electron chi connectivity index (χ0n) is 10.8. The van der Waals surface area contributed by atoms with Gasteiger partial charge < -0.3 is 10.2 Å². The number of nitro groups is 1. The molecule has 20 heavy (non-hydrogen) atoms. The molecule has 0 aliphatic carbocycles. The molecule has 0 aliphatic heterocycles. The minimum Gasteiger partial charge on any atom is -0.502 e. The van der Waals surface area contributed by atoms with Gasteiger partial charge in [-0.1, -0.05) is 36.4 Å². The Kier molecular flexibility index (Phi) is 4.32. The number of phenolic OH excluding ortho intramolecular Hbond substituents is 1. The summed E-state index contributed by atoms with van der Waals surface area (Å²) in [5.41, 5.74) is 1.28. The molecule has 0 saturated heterocycles. The third kappa shape index (κ3) is 3.33. The molecule has 0 radical (unpaired) electrons. The van der Waals surface area contributed by atoms with E-state index in [1.165, 1.54) is 12.1 Å². The number of benzene rings is 2. The molecule has 5 heteroatoms. The Bertz CT molecular complexity index is 598. The van der Waals surface area contributed by atoms with Crippen molar-refractivity contribution in [2.45, 2.75) is 18.9 Å². The highest BCUT2D eigenvalue weighted by Gasteiger charge is 2.14. The molecular formula is C15H15NO4. The monoisotopic (exact) mass is 273 g/mol. The lowest BCUT2D eigenvalue weighted by molar-refractivity contribution is -0.385. The maximum atomic E-state index is 10.6. The van der Waals surface area contributed by atoms with Crippen molar-refractivity contribution in [2.24, 2.45) is 0 Å². The third-order valence-electron chi connectivity index (χ3n) is 3.13. The second-order valence-corrected chi connectivity index (χ2v) is 4.55. The Morgan fingerprint density at radius 3 is 2.45 bits per heavy atom. The van der Waals surface area contributed by atoms with Crippen LogP contribution in [-0.4, -0.2) is 15.1 Å². The fourth-order valence-corrected chi connectivity index (χ4v) is 2.02. The highest BCUT2D eigenvalue weighted by Crippen LogP contribution is 2.27. The summed E-state index contributed by atoms with van der Waals surface area (Å²) in [5.74, 6) is -0.346. The summed E-state index contributed by atoms with van der Waals surface area (Å²) in [6.45, 7) is 0. The van der Waals surface area contributed by atoms with E-state index in [2.05, 4.69) is 0 Å². The van der Waals surface area contributed by atoms with Gasteiger partial charge in [-0.2, -0.15) is 0 Å². The second kappa shape index (κ2) is 6.16. The van der Waals surface area contributed by atoms with E-state index in [0.29, 0.717) is 12.8 Å². The van der Waals surface area contributed by atoms with E-state index >= 15 is 0 Å². The van der Waals surface area contributed by atoms with Gasteiger partial charge in [0.25, 0.3) is 0 Å². The molecule has 1 atom stereocenters. The molecule has 2 rings (SSSR count). The highest BCUT2D eigenvalue weighted by molar-refractivity contribution is 5.47. The molecule has 0 spiro atoms. The van der Waals surface area contributed by atoms with Crippen molar-refractivity contribution in [2.75, 3.05) is 0 Å². The normalized spacial score (nSPS) is 12.1. The van der Waals surface area contributed by atoms with Crippen LogP contribution in [0.4, 0.5) is 5.69 Å². The number of nitrogens with zero attached hydrogens (tertiary/aromatic N) is 1. The number of hydrogen-bond acceptors (Lipinski definition) is 4. The van der Waals surface area contributed by atoms with Crippen LogP contribution in [0.1, 0.15) is 23.7 Å². The van der Waals surface area contributed by atoms with Crippen LogP contribution in [0.15, 0.2) is 48.5 Å². The molecule has 1 unspecified atom stereocenters. The van der Waals surface area contributed by atoms with Crippen LogP contribution in [0.5, 0.6) is 5.75 Å². The molecular weight excluding hydrogens is 258 g/mol. The van der Waals surface area contributed by atoms with Gasteiger partial charge in [-0.3, -0.25) is 10.1 Å². The summed E-state index contributed by atoms with van der Waals surface area (Å²) in [4.78, 5) is 9.96. The molecule has 0 bridgehead atoms. The Morgan fingerprint density at radius 1 is 1.15 bits per heavy atom. The van der Waals surface area contributed by atoms with Gasteiger partial charge >= 0.3 is 5.69 Å². The summed E-state index contributed by atoms with van der Waals surface area (Å²) >= 11 is 0. The van der Waals surface area contributed by atoms with Crippen LogP contribution in [0.25, 0.3) is 0 Å². The molecule has 0 heterocycles. The van der Waals surface area contributed by atoms with Crippen molar-refractivity contribution in [3.8, 4) is 5.75 Å². The molecule has 5 nitrogen and oxygen atoms in total. The van der Waals surface area contributed by atoms with E-state index in [0.717, 1.165) is 11.1 Å². The predicted octanol–water partition coefficient (Wildman–Crippen LogP) is 2.97. The van der Waals surface area contributed by atoms with E-state index in [4.69, 9.17) is 0 Å². The number of rotatable bonds is 5. The van der Waals surface area contributed by atoms with Crippen molar-refractivity contribution >= 4 is 5.69 Å². The first-order chi connectivity index (χ1) is 9.58. The van der Waals surface area contributed by atoms with Gasteiger partial charge in [-0.15, -0.1) is 0 Å². The Labute approximate surface area is 116 Å². The number of aliphatic hydroxyl groups is 1. The van der Waals surface area contributed by atoms with Crippen LogP contribution in [-0.2, 0) is 6.42 Å². The molecule has 0 fully saturated rings. The number of hydrogen-bond donors (Lipinski definition) is 2. The third-order valence-corrected chi connectivity index (χ3v) is 3.13. The number of aromatic hydroxyl groups is 1. The first-order valence-electron chi connectivity index (χ1n) is 6.27. The smallest absolute Gasteiger partial charge is 0.310 e. The fraction of sp³-hybridized carbons (Fsp3) is 0.200. The topological polar surface area (TPSA) is 83.6 Å². The molecule has 2 N–H and O–H groups in total. The summed E-state index contributed by atoms with van der Waals surface area (Å²) < 4.78 is 0. The molecule has 0 aliphatic rings. The first-order valence-corrected chi connectivity index (χ1v) is 6.27. The first kappa shape index (κ1) is 14.0. The van der Waals surface area contributed by atoms with E-state index in [1.807, 2.05) is 30.3 Å². The quantitative estimate of drug-likeness (QED) is 0.648. The summed E-state index contributed by atoms with van der Waals surface area (Å²) in [6.07, 6.45) is 0.427. The molecule has 2 aromatic carbocycles. The van der Waals surface area contributed by atoms with E-state index in [-0.39, 0.29) is 11.4 Å². The molecule has 0 aromatic heterocycles. The average Bonchev–Trinajstić information content (AvgIpc) is 2.45. The number of aryl methyl sites for hydroxylation is 1. The number of phenols is 1. The molecule has 0 saturated carbocycles. The molecule has 2 aromatic rings. The second-order valence-electron chi connectivity index (χ2n) is 4.55. The largest absolute Gasteiger partial charge is 0.502 e. The number of nitro benzene ring substituents is 1. The van der Waals surface area contributed by atoms with E-state index in [9.17, 15) is 20.3 Å². The Balaban J connectivity index is 2.01. The standard InChI is InChI=1S/C15H15NO4/c17-14(12-4-2-1-3-5-12)9-7-11-6-8-13(16(19)20)15(18)10-11/h1-6,8,10,14,17-18H,7,9H2. The minimum absolute atomic E-state index is 0.308. The summed E-state index contributed by atoms with van der Waals surface area (Å²) in [5, 5.41) is 30.2. The summed E-state index contributed by atoms with van der Waals surface area (Å²) in [6, 6.07) is 13.5. The Morgan fingerprint density at radius 2 is 1.85 bits per heavy atom. The van der Waals surface area contributed by atoms with Gasteiger partial charge in [0, 0.05) is 6.07 Å². The van der Waals surface area contributed by atoms with Crippen LogP contribution in [0, 0.1) is 10.1 Å². The van der Waals surface area contributed by atoms with Crippen molar-refractivity contribution in [3.05, 3.63) is 69.8 Å². The maximum absolute atomic E-state index is 10.6. The lowest BCUT2D eigenvalue weighted by Crippen LogP contribution is -1.99. The van der Waals surface area contributed by atoms with Gasteiger partial charge in [0.05, 0.1) is 11.0 Å². The molecule has 0 amide bonds. The van der Waals surface area contributed by atoms with Crippen molar-refractivity contribution < 1.29 is 15.1 Å². The van der Waals surface area contributed by atoms with Crippen LogP contribution < -0.4 is 0 Å². The molecule has 104 valence electrons. The predicted molar refractivity (Wildman–Crippen MR) is 74.5 cm³/mol. The SMILES string of the molecule is O=[N+]([O-])c1ccc(CCC(O)c2ccccc2)cc1O. The van der Waals surface area contributed by atoms with Gasteiger partial charge in [0.15, 0.2) is 5.75 Å². The van der Waals surface area contributed by atoms with Gasteiger partial charge in [0.2, 0.25) is 0 Å². The highest BCUT2D eigenvalue weighted by atomic mass is 16.6. The van der Waals surface area contributed by atoms with E-state index < -0.39 is 11.0 Å². The Hall–Kier alpha value is -2.40. The van der Waals surface area contributed by atoms with Crippen LogP contribution in [0.2, 0.25) is 0 Å². The zero-order chi connectivity index (χ0) is 14.5. The minimum atomic E-state index is -0.627. The fourth-order valence-electron chi connectivity index (χ4n) is 2.02.